The number of anilines is 1. The molecule has 0 fully saturated rings. The van der Waals surface area contributed by atoms with Crippen LogP contribution in [0.25, 0.3) is 5.65 Å². The molecule has 2 aromatic heterocycles. The van der Waals surface area contributed by atoms with E-state index in [-0.39, 0.29) is 5.91 Å². The molecule has 0 aliphatic carbocycles. The summed E-state index contributed by atoms with van der Waals surface area (Å²) in [7, 11) is 5.84. The zero-order valence-corrected chi connectivity index (χ0v) is 21.5. The molecule has 0 radical (unpaired) electrons. The number of ether oxygens (including phenoxy) is 1. The van der Waals surface area contributed by atoms with Crippen molar-refractivity contribution in [1.82, 2.24) is 19.6 Å². The van der Waals surface area contributed by atoms with Crippen LogP contribution in [0.5, 0.6) is 5.75 Å². The number of benzene rings is 1. The van der Waals surface area contributed by atoms with E-state index in [4.69, 9.17) is 9.72 Å². The van der Waals surface area contributed by atoms with Crippen molar-refractivity contribution in [3.05, 3.63) is 59.4 Å². The maximum absolute atomic E-state index is 13.0. The van der Waals surface area contributed by atoms with Gasteiger partial charge in [-0.3, -0.25) is 9.20 Å². The lowest BCUT2D eigenvalue weighted by Gasteiger charge is -2.27. The number of para-hydroxylation sites is 1. The monoisotopic (exact) mass is 465 g/mol. The van der Waals surface area contributed by atoms with Gasteiger partial charge in [-0.25, -0.2) is 4.98 Å². The van der Waals surface area contributed by atoms with Crippen LogP contribution in [0.2, 0.25) is 0 Å². The van der Waals surface area contributed by atoms with Crippen LogP contribution in [0.3, 0.4) is 0 Å². The third-order valence-electron chi connectivity index (χ3n) is 5.98. The average Bonchev–Trinajstić information content (AvgIpc) is 3.20. The number of rotatable bonds is 12. The van der Waals surface area contributed by atoms with E-state index < -0.39 is 0 Å². The van der Waals surface area contributed by atoms with Gasteiger partial charge in [-0.15, -0.1) is 0 Å². The van der Waals surface area contributed by atoms with Gasteiger partial charge in [0.05, 0.1) is 18.4 Å². The minimum atomic E-state index is -0.118. The molecule has 1 amide bonds. The molecule has 0 aliphatic rings. The van der Waals surface area contributed by atoms with Gasteiger partial charge in [0.2, 0.25) is 0 Å². The Bertz CT molecular complexity index is 1080. The smallest absolute Gasteiger partial charge is 0.253 e. The molecule has 0 bridgehead atoms. The fourth-order valence-corrected chi connectivity index (χ4v) is 3.97. The molecule has 0 saturated heterocycles. The molecule has 3 rings (SSSR count). The number of nitrogens with one attached hydrogen (secondary N) is 1. The molecule has 0 spiro atoms. The first kappa shape index (κ1) is 25.6. The molecule has 2 heterocycles. The number of pyridine rings is 1. The molecular weight excluding hydrogens is 426 g/mol. The Morgan fingerprint density at radius 3 is 2.56 bits per heavy atom. The Kier molecular flexibility index (Phi) is 8.93. The minimum absolute atomic E-state index is 0.118. The quantitative estimate of drug-likeness (QED) is 0.433. The van der Waals surface area contributed by atoms with Gasteiger partial charge in [0.1, 0.15) is 17.2 Å². The van der Waals surface area contributed by atoms with E-state index in [2.05, 4.69) is 54.4 Å². The number of aromatic nitrogens is 2. The summed E-state index contributed by atoms with van der Waals surface area (Å²) in [5.74, 6) is 2.36. The topological polar surface area (TPSA) is 62.1 Å². The summed E-state index contributed by atoms with van der Waals surface area (Å²) in [6.07, 6.45) is 3.86. The van der Waals surface area contributed by atoms with E-state index in [1.807, 2.05) is 42.6 Å². The lowest BCUT2D eigenvalue weighted by atomic mass is 10.1. The Labute approximate surface area is 203 Å². The van der Waals surface area contributed by atoms with Crippen LogP contribution < -0.4 is 15.0 Å². The highest BCUT2D eigenvalue weighted by Gasteiger charge is 2.19. The number of fused-ring (bicyclic) bond motifs is 1. The Morgan fingerprint density at radius 1 is 1.12 bits per heavy atom. The van der Waals surface area contributed by atoms with E-state index in [0.29, 0.717) is 18.0 Å². The van der Waals surface area contributed by atoms with Gasteiger partial charge >= 0.3 is 0 Å². The van der Waals surface area contributed by atoms with Crippen molar-refractivity contribution in [1.29, 1.82) is 0 Å². The maximum Gasteiger partial charge on any atom is 0.253 e. The summed E-state index contributed by atoms with van der Waals surface area (Å²) >= 11 is 0. The van der Waals surface area contributed by atoms with Crippen molar-refractivity contribution in [2.75, 3.05) is 45.7 Å². The third kappa shape index (κ3) is 6.29. The molecule has 1 N–H and O–H groups in total. The molecule has 7 nitrogen and oxygen atoms in total. The van der Waals surface area contributed by atoms with Gasteiger partial charge in [-0.1, -0.05) is 39.0 Å². The average molecular weight is 466 g/mol. The van der Waals surface area contributed by atoms with Crippen molar-refractivity contribution in [2.24, 2.45) is 5.92 Å². The summed E-state index contributed by atoms with van der Waals surface area (Å²) < 4.78 is 7.50. The molecular formula is C27H39N5O2. The van der Waals surface area contributed by atoms with Crippen molar-refractivity contribution in [3.63, 3.8) is 0 Å². The SMILES string of the molecule is CCc1nc2ccc(C(=O)NCc3ccccc3OC)cn2c1N(CCC(C)C)CCN(C)C. The van der Waals surface area contributed by atoms with Crippen LogP contribution >= 0.6 is 0 Å². The first-order chi connectivity index (χ1) is 16.3. The van der Waals surface area contributed by atoms with Crippen LogP contribution in [0, 0.1) is 5.92 Å². The molecule has 0 unspecified atom stereocenters. The number of carbonyl (C=O) groups excluding carboxylic acids is 1. The second-order valence-electron chi connectivity index (χ2n) is 9.35. The van der Waals surface area contributed by atoms with Gasteiger partial charge in [0.25, 0.3) is 5.91 Å². The molecule has 0 atom stereocenters. The maximum atomic E-state index is 13.0. The van der Waals surface area contributed by atoms with E-state index in [1.54, 1.807) is 7.11 Å². The highest BCUT2D eigenvalue weighted by molar-refractivity contribution is 5.94. The Hall–Kier alpha value is -3.06. The number of methoxy groups -OCH3 is 1. The van der Waals surface area contributed by atoms with Crippen LogP contribution in [-0.4, -0.2) is 61.0 Å². The van der Waals surface area contributed by atoms with Crippen molar-refractivity contribution in [3.8, 4) is 5.75 Å². The van der Waals surface area contributed by atoms with Crippen molar-refractivity contribution in [2.45, 2.75) is 40.2 Å². The fourth-order valence-electron chi connectivity index (χ4n) is 3.97. The van der Waals surface area contributed by atoms with Gasteiger partial charge in [-0.2, -0.15) is 0 Å². The van der Waals surface area contributed by atoms with E-state index >= 15 is 0 Å². The molecule has 184 valence electrons. The van der Waals surface area contributed by atoms with Crippen LogP contribution in [0.15, 0.2) is 42.6 Å². The molecule has 3 aromatic rings. The van der Waals surface area contributed by atoms with Crippen molar-refractivity contribution >= 4 is 17.4 Å². The first-order valence-corrected chi connectivity index (χ1v) is 12.1. The summed E-state index contributed by atoms with van der Waals surface area (Å²) in [4.78, 5) is 22.6. The van der Waals surface area contributed by atoms with E-state index in [0.717, 1.165) is 60.9 Å². The van der Waals surface area contributed by atoms with Gasteiger partial charge < -0.3 is 19.9 Å². The molecule has 0 aliphatic heterocycles. The summed E-state index contributed by atoms with van der Waals surface area (Å²) in [6, 6.07) is 11.5. The predicted molar refractivity (Wildman–Crippen MR) is 139 cm³/mol. The lowest BCUT2D eigenvalue weighted by molar-refractivity contribution is 0.0950. The predicted octanol–water partition coefficient (Wildman–Crippen LogP) is 4.25. The molecule has 0 saturated carbocycles. The van der Waals surface area contributed by atoms with Crippen LogP contribution in [-0.2, 0) is 13.0 Å². The number of nitrogens with zero attached hydrogens (tertiary/aromatic N) is 4. The first-order valence-electron chi connectivity index (χ1n) is 12.1. The zero-order valence-electron chi connectivity index (χ0n) is 21.5. The molecule has 7 heteroatoms. The Balaban J connectivity index is 1.90. The van der Waals surface area contributed by atoms with Gasteiger partial charge in [-0.05, 0) is 51.1 Å². The van der Waals surface area contributed by atoms with E-state index in [1.165, 1.54) is 0 Å². The summed E-state index contributed by atoms with van der Waals surface area (Å²) in [5.41, 5.74) is 3.49. The van der Waals surface area contributed by atoms with Gasteiger partial charge in [0.15, 0.2) is 0 Å². The lowest BCUT2D eigenvalue weighted by Crippen LogP contribution is -2.34. The molecule has 1 aromatic carbocycles. The number of hydrogen-bond donors (Lipinski definition) is 1. The highest BCUT2D eigenvalue weighted by Crippen LogP contribution is 2.25. The third-order valence-corrected chi connectivity index (χ3v) is 5.98. The van der Waals surface area contributed by atoms with Crippen molar-refractivity contribution < 1.29 is 9.53 Å². The fraction of sp³-hybridized carbons (Fsp3) is 0.481. The minimum Gasteiger partial charge on any atom is -0.496 e. The number of imidazole rings is 1. The second-order valence-corrected chi connectivity index (χ2v) is 9.35. The molecule has 34 heavy (non-hydrogen) atoms. The largest absolute Gasteiger partial charge is 0.496 e. The second kappa shape index (κ2) is 11.9. The van der Waals surface area contributed by atoms with Gasteiger partial charge in [0, 0.05) is 37.9 Å². The van der Waals surface area contributed by atoms with Crippen LogP contribution in [0.4, 0.5) is 5.82 Å². The highest BCUT2D eigenvalue weighted by atomic mass is 16.5. The van der Waals surface area contributed by atoms with E-state index in [9.17, 15) is 4.79 Å². The summed E-state index contributed by atoms with van der Waals surface area (Å²) in [6.45, 7) is 9.86. The number of hydrogen-bond acceptors (Lipinski definition) is 5. The standard InChI is InChI=1S/C27H39N5O2/c1-7-23-27(31(15-14-20(2)3)17-16-30(4)5)32-19-22(12-13-25(32)29-23)26(33)28-18-21-10-8-9-11-24(21)34-6/h8-13,19-20H,7,14-18H2,1-6H3,(H,28,33). The summed E-state index contributed by atoms with van der Waals surface area (Å²) in [5, 5.41) is 3.03. The Morgan fingerprint density at radius 2 is 1.88 bits per heavy atom. The number of carbonyl (C=O) groups is 1. The normalized spacial score (nSPS) is 11.4. The number of aryl methyl sites for hydroxylation is 1. The van der Waals surface area contributed by atoms with Crippen LogP contribution in [0.1, 0.15) is 48.8 Å². The zero-order chi connectivity index (χ0) is 24.7. The number of likely N-dealkylation sites (N-methyl/N-ethyl adjacent to an activating group) is 1. The number of amides is 1.